The first-order valence-corrected chi connectivity index (χ1v) is 9.19. The van der Waals surface area contributed by atoms with E-state index in [2.05, 4.69) is 10.0 Å². The third-order valence-corrected chi connectivity index (χ3v) is 4.10. The molecule has 0 radical (unpaired) electrons. The van der Waals surface area contributed by atoms with Gasteiger partial charge < -0.3 is 5.32 Å². The number of nitrogens with one attached hydrogen (secondary N) is 2. The Morgan fingerprint density at radius 3 is 2.25 bits per heavy atom. The topological polar surface area (TPSA) is 75.3 Å². The minimum Gasteiger partial charge on any atom is -0.321 e. The zero-order valence-electron chi connectivity index (χ0n) is 13.0. The molecule has 0 saturated carbocycles. The Morgan fingerprint density at radius 2 is 1.46 bits per heavy atom. The van der Waals surface area contributed by atoms with Crippen LogP contribution in [0.25, 0.3) is 10.8 Å². The summed E-state index contributed by atoms with van der Waals surface area (Å²) < 4.78 is 25.3. The lowest BCUT2D eigenvalue weighted by Crippen LogP contribution is -2.17. The number of rotatable bonds is 4. The van der Waals surface area contributed by atoms with Gasteiger partial charge in [0.2, 0.25) is 10.0 Å². The average molecular weight is 340 g/mol. The number of sulfonamides is 1. The Bertz CT molecular complexity index is 1010. The summed E-state index contributed by atoms with van der Waals surface area (Å²) in [5, 5.41) is 4.78. The van der Waals surface area contributed by atoms with Crippen molar-refractivity contribution in [2.45, 2.75) is 0 Å². The third-order valence-electron chi connectivity index (χ3n) is 3.50. The minimum atomic E-state index is -3.47. The highest BCUT2D eigenvalue weighted by molar-refractivity contribution is 7.92. The first-order chi connectivity index (χ1) is 11.4. The van der Waals surface area contributed by atoms with Gasteiger partial charge in [-0.25, -0.2) is 8.42 Å². The van der Waals surface area contributed by atoms with E-state index in [0.717, 1.165) is 17.0 Å². The molecule has 0 atom stereocenters. The van der Waals surface area contributed by atoms with Crippen molar-refractivity contribution in [1.29, 1.82) is 0 Å². The van der Waals surface area contributed by atoms with Gasteiger partial charge in [-0.3, -0.25) is 9.52 Å². The molecule has 122 valence electrons. The van der Waals surface area contributed by atoms with Crippen LogP contribution in [0.15, 0.2) is 66.7 Å². The molecule has 2 N–H and O–H groups in total. The zero-order valence-corrected chi connectivity index (χ0v) is 13.8. The van der Waals surface area contributed by atoms with Gasteiger partial charge in [0.25, 0.3) is 5.91 Å². The summed E-state index contributed by atoms with van der Waals surface area (Å²) in [5.41, 5.74) is 1.18. The van der Waals surface area contributed by atoms with E-state index in [1.54, 1.807) is 24.3 Å². The lowest BCUT2D eigenvalue weighted by Gasteiger charge is -2.12. The fourth-order valence-electron chi connectivity index (χ4n) is 2.49. The van der Waals surface area contributed by atoms with Gasteiger partial charge >= 0.3 is 0 Å². The molecule has 5 nitrogen and oxygen atoms in total. The summed E-state index contributed by atoms with van der Waals surface area (Å²) in [7, 11) is -3.47. The predicted octanol–water partition coefficient (Wildman–Crippen LogP) is 3.46. The Balaban J connectivity index is 1.96. The normalized spacial score (nSPS) is 11.2. The van der Waals surface area contributed by atoms with Crippen LogP contribution >= 0.6 is 0 Å². The van der Waals surface area contributed by atoms with Crippen molar-refractivity contribution in [1.82, 2.24) is 0 Å². The number of para-hydroxylation sites is 1. The predicted molar refractivity (Wildman–Crippen MR) is 96.8 cm³/mol. The molecular weight excluding hydrogens is 324 g/mol. The molecule has 24 heavy (non-hydrogen) atoms. The fraction of sp³-hybridized carbons (Fsp3) is 0.0556. The van der Waals surface area contributed by atoms with Crippen LogP contribution in [0.4, 0.5) is 11.4 Å². The lowest BCUT2D eigenvalue weighted by atomic mass is 10.1. The number of fused-ring (bicyclic) bond motifs is 1. The van der Waals surface area contributed by atoms with E-state index in [-0.39, 0.29) is 17.2 Å². The number of hydrogen-bond donors (Lipinski definition) is 2. The number of carbonyl (C=O) groups excluding carboxylic acids is 1. The smallest absolute Gasteiger partial charge is 0.257 e. The molecule has 0 heterocycles. The van der Waals surface area contributed by atoms with E-state index in [9.17, 15) is 13.2 Å². The summed E-state index contributed by atoms with van der Waals surface area (Å²) in [4.78, 5) is 12.6. The molecule has 0 aliphatic rings. The minimum absolute atomic E-state index is 0.248. The molecule has 0 spiro atoms. The van der Waals surface area contributed by atoms with Gasteiger partial charge in [-0.15, -0.1) is 0 Å². The Labute approximate surface area is 140 Å². The van der Waals surface area contributed by atoms with Gasteiger partial charge in [0, 0.05) is 11.1 Å². The van der Waals surface area contributed by atoms with Gasteiger partial charge in [-0.05, 0) is 23.6 Å². The molecule has 0 unspecified atom stereocenters. The molecule has 0 saturated heterocycles. The van der Waals surface area contributed by atoms with Crippen molar-refractivity contribution in [3.8, 4) is 0 Å². The fourth-order valence-corrected chi connectivity index (χ4v) is 3.07. The number of carbonyl (C=O) groups is 1. The van der Waals surface area contributed by atoms with Crippen molar-refractivity contribution < 1.29 is 13.2 Å². The molecule has 0 bridgehead atoms. The molecule has 6 heteroatoms. The lowest BCUT2D eigenvalue weighted by molar-refractivity contribution is 0.102. The quantitative estimate of drug-likeness (QED) is 0.764. The van der Waals surface area contributed by atoms with E-state index in [0.29, 0.717) is 5.69 Å². The molecule has 0 aromatic heterocycles. The highest BCUT2D eigenvalue weighted by atomic mass is 32.2. The van der Waals surface area contributed by atoms with Gasteiger partial charge in [-0.1, -0.05) is 48.5 Å². The number of hydrogen-bond acceptors (Lipinski definition) is 3. The van der Waals surface area contributed by atoms with Crippen LogP contribution in [0.3, 0.4) is 0 Å². The molecule has 0 aliphatic carbocycles. The molecule has 3 rings (SSSR count). The van der Waals surface area contributed by atoms with Crippen LogP contribution in [0.5, 0.6) is 0 Å². The van der Waals surface area contributed by atoms with Gasteiger partial charge in [-0.2, -0.15) is 0 Å². The van der Waals surface area contributed by atoms with Crippen LogP contribution in [0, 0.1) is 0 Å². The van der Waals surface area contributed by atoms with Gasteiger partial charge in [0.05, 0.1) is 17.5 Å². The highest BCUT2D eigenvalue weighted by Gasteiger charge is 2.14. The third kappa shape index (κ3) is 3.55. The van der Waals surface area contributed by atoms with Crippen molar-refractivity contribution in [2.75, 3.05) is 16.3 Å². The van der Waals surface area contributed by atoms with E-state index >= 15 is 0 Å². The van der Waals surface area contributed by atoms with Crippen molar-refractivity contribution in [3.63, 3.8) is 0 Å². The number of amides is 1. The number of anilines is 2. The molecule has 3 aromatic rings. The molecule has 0 aliphatic heterocycles. The van der Waals surface area contributed by atoms with Crippen LogP contribution in [-0.4, -0.2) is 20.6 Å². The second-order valence-corrected chi connectivity index (χ2v) is 7.15. The van der Waals surface area contributed by atoms with Crippen LogP contribution < -0.4 is 10.0 Å². The summed E-state index contributed by atoms with van der Waals surface area (Å²) in [6.45, 7) is 0. The average Bonchev–Trinajstić information content (AvgIpc) is 2.54. The van der Waals surface area contributed by atoms with E-state index in [1.807, 2.05) is 42.5 Å². The molecular formula is C18H16N2O3S. The molecule has 0 fully saturated rings. The Morgan fingerprint density at radius 1 is 0.833 bits per heavy atom. The van der Waals surface area contributed by atoms with Crippen LogP contribution in [-0.2, 0) is 10.0 Å². The maximum Gasteiger partial charge on any atom is 0.257 e. The van der Waals surface area contributed by atoms with E-state index < -0.39 is 10.0 Å². The summed E-state index contributed by atoms with van der Waals surface area (Å²) >= 11 is 0. The first-order valence-electron chi connectivity index (χ1n) is 7.30. The van der Waals surface area contributed by atoms with Gasteiger partial charge in [0.15, 0.2) is 0 Å². The van der Waals surface area contributed by atoms with E-state index in [1.165, 1.54) is 0 Å². The summed E-state index contributed by atoms with van der Waals surface area (Å²) in [6.07, 6.45) is 1.05. The summed E-state index contributed by atoms with van der Waals surface area (Å²) in [5.74, 6) is -0.377. The molecule has 3 aromatic carbocycles. The second-order valence-electron chi connectivity index (χ2n) is 5.40. The second kappa shape index (κ2) is 6.33. The number of benzene rings is 3. The maximum atomic E-state index is 12.6. The summed E-state index contributed by atoms with van der Waals surface area (Å²) in [6, 6.07) is 19.8. The largest absolute Gasteiger partial charge is 0.321 e. The zero-order chi connectivity index (χ0) is 17.2. The van der Waals surface area contributed by atoms with Crippen LogP contribution in [0.1, 0.15) is 10.4 Å². The maximum absolute atomic E-state index is 12.6. The molecule has 1 amide bonds. The van der Waals surface area contributed by atoms with E-state index in [4.69, 9.17) is 0 Å². The van der Waals surface area contributed by atoms with Crippen molar-refractivity contribution in [3.05, 3.63) is 72.3 Å². The highest BCUT2D eigenvalue weighted by Crippen LogP contribution is 2.25. The standard InChI is InChI=1S/C18H16N2O3S/c1-24(22,23)20-17-11-5-4-10-15(17)18(21)19-16-12-6-8-13-7-2-3-9-14(13)16/h2-12,20H,1H3,(H,19,21). The van der Waals surface area contributed by atoms with Crippen LogP contribution in [0.2, 0.25) is 0 Å². The Hall–Kier alpha value is -2.86. The SMILES string of the molecule is CS(=O)(=O)Nc1ccccc1C(=O)Nc1cccc2ccccc12. The van der Waals surface area contributed by atoms with Crippen molar-refractivity contribution in [2.24, 2.45) is 0 Å². The Kier molecular flexibility index (Phi) is 4.22. The first kappa shape index (κ1) is 16.0. The van der Waals surface area contributed by atoms with Crippen molar-refractivity contribution >= 4 is 38.1 Å². The van der Waals surface area contributed by atoms with Gasteiger partial charge in [0.1, 0.15) is 0 Å². The monoisotopic (exact) mass is 340 g/mol.